The second kappa shape index (κ2) is 8.64. The van der Waals surface area contributed by atoms with Gasteiger partial charge in [0.1, 0.15) is 5.75 Å². The van der Waals surface area contributed by atoms with Crippen LogP contribution in [0.2, 0.25) is 0 Å². The monoisotopic (exact) mass is 406 g/mol. The Labute approximate surface area is 136 Å². The number of halogens is 2. The Morgan fingerprint density at radius 2 is 1.90 bits per heavy atom. The Morgan fingerprint density at radius 1 is 1.30 bits per heavy atom. The van der Waals surface area contributed by atoms with Crippen molar-refractivity contribution in [3.05, 3.63) is 26.6 Å². The van der Waals surface area contributed by atoms with Crippen molar-refractivity contribution >= 4 is 37.8 Å². The fourth-order valence-corrected chi connectivity index (χ4v) is 3.19. The van der Waals surface area contributed by atoms with Crippen molar-refractivity contribution in [2.45, 2.75) is 19.3 Å². The average Bonchev–Trinajstić information content (AvgIpc) is 2.36. The van der Waals surface area contributed by atoms with Crippen molar-refractivity contribution in [1.29, 1.82) is 0 Å². The van der Waals surface area contributed by atoms with Crippen molar-refractivity contribution in [2.75, 3.05) is 27.2 Å². The van der Waals surface area contributed by atoms with Gasteiger partial charge in [-0.3, -0.25) is 4.79 Å². The minimum absolute atomic E-state index is 0.116. The van der Waals surface area contributed by atoms with Crippen LogP contribution in [-0.4, -0.2) is 38.1 Å². The van der Waals surface area contributed by atoms with E-state index in [1.807, 2.05) is 12.1 Å². The lowest BCUT2D eigenvalue weighted by molar-refractivity contribution is -0.128. The van der Waals surface area contributed by atoms with Crippen molar-refractivity contribution in [3.8, 4) is 5.75 Å². The molecular weight excluding hydrogens is 388 g/mol. The molecule has 0 aliphatic carbocycles. The van der Waals surface area contributed by atoms with E-state index in [0.29, 0.717) is 26.0 Å². The lowest BCUT2D eigenvalue weighted by Gasteiger charge is -2.13. The molecule has 1 amide bonds. The molecule has 0 aliphatic rings. The van der Waals surface area contributed by atoms with E-state index in [1.165, 1.54) is 0 Å². The van der Waals surface area contributed by atoms with Gasteiger partial charge in [0.15, 0.2) is 0 Å². The number of hydrogen-bond acceptors (Lipinski definition) is 3. The summed E-state index contributed by atoms with van der Waals surface area (Å²) in [6.07, 6.45) is 2.02. The zero-order valence-electron chi connectivity index (χ0n) is 11.8. The van der Waals surface area contributed by atoms with E-state index in [0.717, 1.165) is 26.7 Å². The molecule has 4 nitrogen and oxygen atoms in total. The van der Waals surface area contributed by atoms with Crippen LogP contribution < -0.4 is 10.5 Å². The van der Waals surface area contributed by atoms with Gasteiger partial charge in [-0.25, -0.2) is 0 Å². The van der Waals surface area contributed by atoms with Crippen LogP contribution in [-0.2, 0) is 11.2 Å². The number of benzene rings is 1. The molecule has 0 heterocycles. The van der Waals surface area contributed by atoms with Crippen LogP contribution in [0.25, 0.3) is 0 Å². The van der Waals surface area contributed by atoms with Gasteiger partial charge in [-0.15, -0.1) is 0 Å². The van der Waals surface area contributed by atoms with Gasteiger partial charge < -0.3 is 15.4 Å². The van der Waals surface area contributed by atoms with Crippen molar-refractivity contribution in [2.24, 2.45) is 5.73 Å². The molecule has 0 saturated carbocycles. The van der Waals surface area contributed by atoms with Crippen LogP contribution in [0.4, 0.5) is 0 Å². The van der Waals surface area contributed by atoms with Crippen LogP contribution in [0.3, 0.4) is 0 Å². The molecular formula is C14H20Br2N2O2. The highest BCUT2D eigenvalue weighted by Crippen LogP contribution is 2.35. The van der Waals surface area contributed by atoms with E-state index < -0.39 is 0 Å². The zero-order valence-corrected chi connectivity index (χ0v) is 15.0. The molecule has 0 radical (unpaired) electrons. The molecule has 1 aromatic carbocycles. The molecule has 112 valence electrons. The molecule has 0 fully saturated rings. The van der Waals surface area contributed by atoms with Gasteiger partial charge in [-0.05, 0) is 68.9 Å². The summed E-state index contributed by atoms with van der Waals surface area (Å²) in [5.41, 5.74) is 6.71. The first-order valence-corrected chi connectivity index (χ1v) is 8.05. The molecule has 0 aromatic heterocycles. The first kappa shape index (κ1) is 17.5. The molecule has 2 N–H and O–H groups in total. The summed E-state index contributed by atoms with van der Waals surface area (Å²) in [5.74, 6) is 0.882. The zero-order chi connectivity index (χ0) is 15.1. The van der Waals surface area contributed by atoms with Gasteiger partial charge in [0.05, 0.1) is 15.6 Å². The fourth-order valence-electron chi connectivity index (χ4n) is 1.68. The normalized spacial score (nSPS) is 10.4. The molecule has 0 unspecified atom stereocenters. The molecule has 20 heavy (non-hydrogen) atoms. The number of carbonyl (C=O) groups excluding carboxylic acids is 1. The Kier molecular flexibility index (Phi) is 7.55. The Morgan fingerprint density at radius 3 is 2.40 bits per heavy atom. The molecule has 1 rings (SSSR count). The maximum absolute atomic E-state index is 11.4. The number of amides is 1. The summed E-state index contributed by atoms with van der Waals surface area (Å²) < 4.78 is 7.53. The van der Waals surface area contributed by atoms with Crippen molar-refractivity contribution < 1.29 is 9.53 Å². The number of nitrogens with two attached hydrogens (primary N) is 1. The second-order valence-corrected chi connectivity index (χ2v) is 6.38. The quantitative estimate of drug-likeness (QED) is 0.707. The highest BCUT2D eigenvalue weighted by atomic mass is 79.9. The van der Waals surface area contributed by atoms with E-state index in [1.54, 1.807) is 19.0 Å². The second-order valence-electron chi connectivity index (χ2n) is 4.67. The largest absolute Gasteiger partial charge is 0.491 e. The summed E-state index contributed by atoms with van der Waals surface area (Å²) in [4.78, 5) is 13.0. The molecule has 1 aromatic rings. The number of hydrogen-bond donors (Lipinski definition) is 1. The summed E-state index contributed by atoms with van der Waals surface area (Å²) in [6, 6.07) is 4.02. The lowest BCUT2D eigenvalue weighted by atomic mass is 10.1. The third-order valence-corrected chi connectivity index (χ3v) is 3.95. The summed E-state index contributed by atoms with van der Waals surface area (Å²) in [6.45, 7) is 1.12. The molecule has 0 atom stereocenters. The minimum atomic E-state index is 0.116. The predicted octanol–water partition coefficient (Wildman–Crippen LogP) is 2.96. The van der Waals surface area contributed by atoms with E-state index in [9.17, 15) is 4.79 Å². The third-order valence-electron chi connectivity index (χ3n) is 2.77. The van der Waals surface area contributed by atoms with Crippen molar-refractivity contribution in [1.82, 2.24) is 4.90 Å². The van der Waals surface area contributed by atoms with Crippen LogP contribution in [0, 0.1) is 0 Å². The summed E-state index contributed by atoms with van der Waals surface area (Å²) in [7, 11) is 3.51. The highest BCUT2D eigenvalue weighted by Gasteiger charge is 2.10. The van der Waals surface area contributed by atoms with Gasteiger partial charge in [-0.2, -0.15) is 0 Å². The van der Waals surface area contributed by atoms with Crippen LogP contribution in [0.15, 0.2) is 21.1 Å². The Hall–Kier alpha value is -0.590. The van der Waals surface area contributed by atoms with E-state index in [4.69, 9.17) is 10.5 Å². The molecule has 0 saturated heterocycles. The van der Waals surface area contributed by atoms with Gasteiger partial charge >= 0.3 is 0 Å². The Bertz CT molecular complexity index is 441. The van der Waals surface area contributed by atoms with Crippen molar-refractivity contribution in [3.63, 3.8) is 0 Å². The number of carbonyl (C=O) groups is 1. The Balaban J connectivity index is 2.54. The first-order chi connectivity index (χ1) is 9.45. The average molecular weight is 408 g/mol. The van der Waals surface area contributed by atoms with E-state index >= 15 is 0 Å². The standard InChI is InChI=1S/C14H20Br2N2O2/c1-18(2)13(19)4-3-7-20-14-11(15)8-10(5-6-17)9-12(14)16/h8-9H,3-7,17H2,1-2H3. The minimum Gasteiger partial charge on any atom is -0.491 e. The summed E-state index contributed by atoms with van der Waals surface area (Å²) in [5, 5.41) is 0. The SMILES string of the molecule is CN(C)C(=O)CCCOc1c(Br)cc(CCN)cc1Br. The van der Waals surface area contributed by atoms with Crippen LogP contribution >= 0.6 is 31.9 Å². The van der Waals surface area contributed by atoms with E-state index in [-0.39, 0.29) is 5.91 Å². The number of rotatable bonds is 7. The fraction of sp³-hybridized carbons (Fsp3) is 0.500. The van der Waals surface area contributed by atoms with E-state index in [2.05, 4.69) is 31.9 Å². The van der Waals surface area contributed by atoms with Gasteiger partial charge in [-0.1, -0.05) is 0 Å². The topological polar surface area (TPSA) is 55.6 Å². The molecule has 6 heteroatoms. The first-order valence-electron chi connectivity index (χ1n) is 6.46. The highest BCUT2D eigenvalue weighted by molar-refractivity contribution is 9.11. The number of ether oxygens (including phenoxy) is 1. The molecule has 0 spiro atoms. The summed E-state index contributed by atoms with van der Waals surface area (Å²) >= 11 is 7.00. The lowest BCUT2D eigenvalue weighted by Crippen LogP contribution is -2.21. The number of nitrogens with zero attached hydrogens (tertiary/aromatic N) is 1. The molecule has 0 bridgehead atoms. The van der Waals surface area contributed by atoms with Gasteiger partial charge in [0.25, 0.3) is 0 Å². The smallest absolute Gasteiger partial charge is 0.222 e. The van der Waals surface area contributed by atoms with Gasteiger partial charge in [0, 0.05) is 20.5 Å². The van der Waals surface area contributed by atoms with Gasteiger partial charge in [0.2, 0.25) is 5.91 Å². The third kappa shape index (κ3) is 5.42. The van der Waals surface area contributed by atoms with Crippen LogP contribution in [0.5, 0.6) is 5.75 Å². The molecule has 0 aliphatic heterocycles. The maximum Gasteiger partial charge on any atom is 0.222 e. The van der Waals surface area contributed by atoms with Crippen LogP contribution in [0.1, 0.15) is 18.4 Å². The predicted molar refractivity (Wildman–Crippen MR) is 88.0 cm³/mol. The maximum atomic E-state index is 11.4.